The molecule has 0 aromatic carbocycles. The van der Waals surface area contributed by atoms with Crippen LogP contribution in [-0.2, 0) is 11.8 Å². The molecule has 1 aromatic heterocycles. The molecule has 0 amide bonds. The van der Waals surface area contributed by atoms with Crippen molar-refractivity contribution in [2.45, 2.75) is 39.0 Å². The summed E-state index contributed by atoms with van der Waals surface area (Å²) in [6.07, 6.45) is 4.00. The van der Waals surface area contributed by atoms with E-state index in [1.165, 1.54) is 0 Å². The van der Waals surface area contributed by atoms with Crippen LogP contribution in [0.3, 0.4) is 0 Å². The van der Waals surface area contributed by atoms with Crippen LogP contribution in [0.2, 0.25) is 0 Å². The summed E-state index contributed by atoms with van der Waals surface area (Å²) >= 11 is 0. The van der Waals surface area contributed by atoms with Crippen LogP contribution in [0.25, 0.3) is 0 Å². The molecular weight excluding hydrogens is 240 g/mol. The molecule has 2 heterocycles. The van der Waals surface area contributed by atoms with E-state index in [9.17, 15) is 0 Å². The summed E-state index contributed by atoms with van der Waals surface area (Å²) in [5.74, 6) is 1.05. The Morgan fingerprint density at radius 1 is 1.53 bits per heavy atom. The zero-order chi connectivity index (χ0) is 13.8. The van der Waals surface area contributed by atoms with Gasteiger partial charge >= 0.3 is 0 Å². The number of ether oxygens (including phenoxy) is 1. The van der Waals surface area contributed by atoms with Crippen molar-refractivity contribution in [2.75, 3.05) is 26.2 Å². The SMILES string of the molecule is CCNC(c1nccn1C)C1CN(C(C)C)CCO1. The number of nitrogens with one attached hydrogen (secondary N) is 1. The summed E-state index contributed by atoms with van der Waals surface area (Å²) in [6.45, 7) is 10.3. The Labute approximate surface area is 116 Å². The summed E-state index contributed by atoms with van der Waals surface area (Å²) in [4.78, 5) is 6.96. The first-order chi connectivity index (χ1) is 9.13. The topological polar surface area (TPSA) is 42.3 Å². The number of hydrogen-bond donors (Lipinski definition) is 1. The number of nitrogens with zero attached hydrogens (tertiary/aromatic N) is 3. The van der Waals surface area contributed by atoms with Crippen LogP contribution >= 0.6 is 0 Å². The highest BCUT2D eigenvalue weighted by Gasteiger charge is 2.31. The monoisotopic (exact) mass is 266 g/mol. The molecular formula is C14H26N4O. The summed E-state index contributed by atoms with van der Waals surface area (Å²) in [5.41, 5.74) is 0. The summed E-state index contributed by atoms with van der Waals surface area (Å²) in [5, 5.41) is 3.52. The lowest BCUT2D eigenvalue weighted by molar-refractivity contribution is -0.0575. The lowest BCUT2D eigenvalue weighted by Gasteiger charge is -2.38. The molecule has 1 saturated heterocycles. The number of aryl methyl sites for hydroxylation is 1. The van der Waals surface area contributed by atoms with Crippen molar-refractivity contribution in [1.29, 1.82) is 0 Å². The largest absolute Gasteiger partial charge is 0.373 e. The van der Waals surface area contributed by atoms with Gasteiger partial charge in [0.2, 0.25) is 0 Å². The first-order valence-electron chi connectivity index (χ1n) is 7.19. The maximum Gasteiger partial charge on any atom is 0.128 e. The van der Waals surface area contributed by atoms with Gasteiger partial charge in [-0.2, -0.15) is 0 Å². The molecule has 0 aliphatic carbocycles. The second-order valence-corrected chi connectivity index (χ2v) is 5.43. The normalized spacial score (nSPS) is 22.9. The van der Waals surface area contributed by atoms with Crippen molar-refractivity contribution in [3.05, 3.63) is 18.2 Å². The molecule has 2 atom stereocenters. The first kappa shape index (κ1) is 14.5. The lowest BCUT2D eigenvalue weighted by atomic mass is 10.1. The average Bonchev–Trinajstić information content (AvgIpc) is 2.82. The van der Waals surface area contributed by atoms with E-state index in [4.69, 9.17) is 4.74 Å². The Bertz CT molecular complexity index is 391. The van der Waals surface area contributed by atoms with E-state index in [0.717, 1.165) is 32.1 Å². The highest BCUT2D eigenvalue weighted by molar-refractivity contribution is 5.03. The quantitative estimate of drug-likeness (QED) is 0.869. The molecule has 1 aromatic rings. The van der Waals surface area contributed by atoms with Crippen molar-refractivity contribution in [1.82, 2.24) is 19.8 Å². The van der Waals surface area contributed by atoms with Gasteiger partial charge in [0.25, 0.3) is 0 Å². The van der Waals surface area contributed by atoms with Gasteiger partial charge in [-0.3, -0.25) is 4.90 Å². The summed E-state index contributed by atoms with van der Waals surface area (Å²) in [7, 11) is 2.04. The highest BCUT2D eigenvalue weighted by atomic mass is 16.5. The fraction of sp³-hybridized carbons (Fsp3) is 0.786. The van der Waals surface area contributed by atoms with Crippen LogP contribution in [-0.4, -0.2) is 52.8 Å². The molecule has 0 radical (unpaired) electrons. The molecule has 19 heavy (non-hydrogen) atoms. The van der Waals surface area contributed by atoms with Crippen molar-refractivity contribution in [3.63, 3.8) is 0 Å². The van der Waals surface area contributed by atoms with Crippen LogP contribution in [0, 0.1) is 0 Å². The third-order valence-electron chi connectivity index (χ3n) is 3.79. The number of likely N-dealkylation sites (N-methyl/N-ethyl adjacent to an activating group) is 1. The van der Waals surface area contributed by atoms with Gasteiger partial charge in [0.15, 0.2) is 0 Å². The number of hydrogen-bond acceptors (Lipinski definition) is 4. The zero-order valence-electron chi connectivity index (χ0n) is 12.5. The Morgan fingerprint density at radius 2 is 2.32 bits per heavy atom. The molecule has 0 spiro atoms. The number of aromatic nitrogens is 2. The van der Waals surface area contributed by atoms with E-state index in [1.54, 1.807) is 0 Å². The molecule has 5 heteroatoms. The van der Waals surface area contributed by atoms with E-state index < -0.39 is 0 Å². The lowest BCUT2D eigenvalue weighted by Crippen LogP contribution is -2.50. The Morgan fingerprint density at radius 3 is 2.89 bits per heavy atom. The zero-order valence-corrected chi connectivity index (χ0v) is 12.5. The van der Waals surface area contributed by atoms with Crippen LogP contribution in [0.5, 0.6) is 0 Å². The van der Waals surface area contributed by atoms with Gasteiger partial charge in [-0.15, -0.1) is 0 Å². The third-order valence-corrected chi connectivity index (χ3v) is 3.79. The van der Waals surface area contributed by atoms with E-state index in [0.29, 0.717) is 6.04 Å². The van der Waals surface area contributed by atoms with Gasteiger partial charge in [0.1, 0.15) is 5.82 Å². The fourth-order valence-electron chi connectivity index (χ4n) is 2.65. The number of rotatable bonds is 5. The van der Waals surface area contributed by atoms with Crippen LogP contribution in [0.4, 0.5) is 0 Å². The van der Waals surface area contributed by atoms with Gasteiger partial charge in [-0.1, -0.05) is 6.92 Å². The van der Waals surface area contributed by atoms with Crippen LogP contribution in [0.15, 0.2) is 12.4 Å². The van der Waals surface area contributed by atoms with Gasteiger partial charge in [0.05, 0.1) is 18.8 Å². The minimum Gasteiger partial charge on any atom is -0.373 e. The maximum absolute atomic E-state index is 5.99. The molecule has 2 rings (SSSR count). The molecule has 5 nitrogen and oxygen atoms in total. The minimum absolute atomic E-state index is 0.159. The summed E-state index contributed by atoms with van der Waals surface area (Å²) < 4.78 is 8.07. The van der Waals surface area contributed by atoms with Crippen molar-refractivity contribution >= 4 is 0 Å². The van der Waals surface area contributed by atoms with Crippen molar-refractivity contribution < 1.29 is 4.74 Å². The maximum atomic E-state index is 5.99. The molecule has 1 fully saturated rings. The standard InChI is InChI=1S/C14H26N4O/c1-5-15-13(14-16-6-7-17(14)4)12-10-18(11(2)3)8-9-19-12/h6-7,11-13,15H,5,8-10H2,1-4H3. The molecule has 1 aliphatic rings. The molecule has 1 N–H and O–H groups in total. The van der Waals surface area contributed by atoms with E-state index >= 15 is 0 Å². The van der Waals surface area contributed by atoms with Gasteiger partial charge in [-0.25, -0.2) is 4.98 Å². The third kappa shape index (κ3) is 3.35. The van der Waals surface area contributed by atoms with Gasteiger partial charge in [-0.05, 0) is 20.4 Å². The Balaban J connectivity index is 2.13. The van der Waals surface area contributed by atoms with E-state index in [2.05, 4.69) is 40.5 Å². The van der Waals surface area contributed by atoms with Gasteiger partial charge < -0.3 is 14.6 Å². The van der Waals surface area contributed by atoms with Crippen molar-refractivity contribution in [3.8, 4) is 0 Å². The first-order valence-corrected chi connectivity index (χ1v) is 7.19. The highest BCUT2D eigenvalue weighted by Crippen LogP contribution is 2.22. The predicted molar refractivity (Wildman–Crippen MR) is 76.1 cm³/mol. The molecule has 2 unspecified atom stereocenters. The average molecular weight is 266 g/mol. The van der Waals surface area contributed by atoms with Gasteiger partial charge in [0, 0.05) is 38.6 Å². The molecule has 1 aliphatic heterocycles. The molecule has 0 bridgehead atoms. The second kappa shape index (κ2) is 6.50. The smallest absolute Gasteiger partial charge is 0.128 e. The molecule has 0 saturated carbocycles. The van der Waals surface area contributed by atoms with Crippen molar-refractivity contribution in [2.24, 2.45) is 7.05 Å². The second-order valence-electron chi connectivity index (χ2n) is 5.43. The van der Waals surface area contributed by atoms with E-state index in [-0.39, 0.29) is 12.1 Å². The molecule has 108 valence electrons. The number of imidazole rings is 1. The predicted octanol–water partition coefficient (Wildman–Crippen LogP) is 1.18. The Hall–Kier alpha value is -0.910. The number of morpholine rings is 1. The summed E-state index contributed by atoms with van der Waals surface area (Å²) in [6, 6.07) is 0.724. The Kier molecular flexibility index (Phi) is 4.96. The minimum atomic E-state index is 0.159. The van der Waals surface area contributed by atoms with E-state index in [1.807, 2.05) is 19.4 Å². The van der Waals surface area contributed by atoms with Crippen LogP contribution < -0.4 is 5.32 Å². The van der Waals surface area contributed by atoms with Crippen LogP contribution in [0.1, 0.15) is 32.6 Å². The fourth-order valence-corrected chi connectivity index (χ4v) is 2.65.